The van der Waals surface area contributed by atoms with Crippen molar-refractivity contribution >= 4 is 5.69 Å². The molecule has 2 aliphatic heterocycles. The van der Waals surface area contributed by atoms with E-state index in [0.29, 0.717) is 0 Å². The Hall–Kier alpha value is -1.09. The van der Waals surface area contributed by atoms with Crippen molar-refractivity contribution in [3.8, 4) is 0 Å². The highest BCUT2D eigenvalue weighted by Gasteiger charge is 2.41. The Kier molecular flexibility index (Phi) is 1.59. The maximum absolute atomic E-state index is 13.2. The third-order valence-electron chi connectivity index (χ3n) is 3.41. The lowest BCUT2D eigenvalue weighted by Crippen LogP contribution is -2.30. The summed E-state index contributed by atoms with van der Waals surface area (Å²) in [4.78, 5) is 0. The van der Waals surface area contributed by atoms with Gasteiger partial charge in [0.25, 0.3) is 0 Å². The number of halogens is 1. The first-order chi connectivity index (χ1) is 6.80. The monoisotopic (exact) mass is 192 g/mol. The van der Waals surface area contributed by atoms with Crippen LogP contribution in [0.1, 0.15) is 12.0 Å². The van der Waals surface area contributed by atoms with E-state index in [-0.39, 0.29) is 11.2 Å². The molecule has 1 saturated heterocycles. The van der Waals surface area contributed by atoms with Gasteiger partial charge in [-0.15, -0.1) is 0 Å². The summed E-state index contributed by atoms with van der Waals surface area (Å²) in [5.41, 5.74) is 2.41. The molecule has 3 rings (SSSR count). The molecule has 3 heteroatoms. The Morgan fingerprint density at radius 2 is 2.21 bits per heavy atom. The maximum atomic E-state index is 13.2. The van der Waals surface area contributed by atoms with Crippen molar-refractivity contribution < 1.29 is 4.39 Å². The minimum absolute atomic E-state index is 0.126. The maximum Gasteiger partial charge on any atom is 0.123 e. The molecule has 0 bridgehead atoms. The number of anilines is 1. The zero-order valence-electron chi connectivity index (χ0n) is 7.94. The van der Waals surface area contributed by atoms with E-state index >= 15 is 0 Å². The minimum atomic E-state index is -0.126. The lowest BCUT2D eigenvalue weighted by atomic mass is 9.82. The Morgan fingerprint density at radius 3 is 3.00 bits per heavy atom. The van der Waals surface area contributed by atoms with Crippen molar-refractivity contribution in [3.05, 3.63) is 29.6 Å². The summed E-state index contributed by atoms with van der Waals surface area (Å²) < 4.78 is 13.2. The predicted octanol–water partition coefficient (Wildman–Crippen LogP) is 1.48. The Labute approximate surface area is 82.5 Å². The van der Waals surface area contributed by atoms with Crippen molar-refractivity contribution in [2.24, 2.45) is 0 Å². The quantitative estimate of drug-likeness (QED) is 0.650. The number of benzene rings is 1. The summed E-state index contributed by atoms with van der Waals surface area (Å²) in [7, 11) is 0. The molecule has 1 atom stereocenters. The Bertz CT molecular complexity index is 370. The molecule has 0 aliphatic carbocycles. The summed E-state index contributed by atoms with van der Waals surface area (Å²) >= 11 is 0. The van der Waals surface area contributed by atoms with E-state index in [4.69, 9.17) is 0 Å². The first-order valence-electron chi connectivity index (χ1n) is 5.05. The zero-order valence-corrected chi connectivity index (χ0v) is 7.94. The van der Waals surface area contributed by atoms with Crippen LogP contribution < -0.4 is 10.6 Å². The largest absolute Gasteiger partial charge is 0.384 e. The molecule has 2 heterocycles. The predicted molar refractivity (Wildman–Crippen MR) is 54.1 cm³/mol. The Morgan fingerprint density at radius 1 is 1.29 bits per heavy atom. The van der Waals surface area contributed by atoms with Crippen LogP contribution in [0.2, 0.25) is 0 Å². The number of fused-ring (bicyclic) bond motifs is 2. The van der Waals surface area contributed by atoms with Gasteiger partial charge in [-0.25, -0.2) is 4.39 Å². The van der Waals surface area contributed by atoms with Crippen LogP contribution in [0.25, 0.3) is 0 Å². The standard InChI is InChI=1S/C11H13FN2/c12-8-1-2-10-9(5-8)11(7-14-10)3-4-13-6-11/h1-2,5,13-14H,3-4,6-7H2. The van der Waals surface area contributed by atoms with Gasteiger partial charge in [-0.2, -0.15) is 0 Å². The molecule has 14 heavy (non-hydrogen) atoms. The van der Waals surface area contributed by atoms with E-state index in [1.807, 2.05) is 6.07 Å². The summed E-state index contributed by atoms with van der Waals surface area (Å²) in [6.07, 6.45) is 1.11. The molecule has 1 spiro atoms. The van der Waals surface area contributed by atoms with Gasteiger partial charge in [0.05, 0.1) is 0 Å². The van der Waals surface area contributed by atoms with Gasteiger partial charge in [0.1, 0.15) is 5.82 Å². The molecule has 2 N–H and O–H groups in total. The first-order valence-corrected chi connectivity index (χ1v) is 5.05. The first kappa shape index (κ1) is 8.24. The van der Waals surface area contributed by atoms with E-state index in [1.165, 1.54) is 6.07 Å². The third-order valence-corrected chi connectivity index (χ3v) is 3.41. The second kappa shape index (κ2) is 2.70. The molecule has 74 valence electrons. The van der Waals surface area contributed by atoms with Gasteiger partial charge >= 0.3 is 0 Å². The van der Waals surface area contributed by atoms with Crippen molar-refractivity contribution in [3.63, 3.8) is 0 Å². The van der Waals surface area contributed by atoms with Crippen LogP contribution in [0.3, 0.4) is 0 Å². The van der Waals surface area contributed by atoms with Crippen LogP contribution in [0, 0.1) is 5.82 Å². The molecule has 0 saturated carbocycles. The van der Waals surface area contributed by atoms with Crippen LogP contribution in [-0.4, -0.2) is 19.6 Å². The molecular weight excluding hydrogens is 179 g/mol. The third kappa shape index (κ3) is 0.989. The molecule has 0 radical (unpaired) electrons. The molecule has 2 aliphatic rings. The molecule has 0 amide bonds. The van der Waals surface area contributed by atoms with E-state index in [0.717, 1.165) is 37.3 Å². The number of hydrogen-bond donors (Lipinski definition) is 2. The van der Waals surface area contributed by atoms with Gasteiger partial charge in [-0.1, -0.05) is 0 Å². The van der Waals surface area contributed by atoms with Crippen LogP contribution >= 0.6 is 0 Å². The topological polar surface area (TPSA) is 24.1 Å². The smallest absolute Gasteiger partial charge is 0.123 e. The lowest BCUT2D eigenvalue weighted by molar-refractivity contribution is 0.517. The number of hydrogen-bond acceptors (Lipinski definition) is 2. The van der Waals surface area contributed by atoms with Gasteiger partial charge in [-0.3, -0.25) is 0 Å². The normalized spacial score (nSPS) is 29.2. The van der Waals surface area contributed by atoms with Crippen molar-refractivity contribution in [1.29, 1.82) is 0 Å². The van der Waals surface area contributed by atoms with Crippen molar-refractivity contribution in [2.45, 2.75) is 11.8 Å². The summed E-state index contributed by atoms with van der Waals surface area (Å²) in [6.45, 7) is 2.95. The van der Waals surface area contributed by atoms with E-state index in [2.05, 4.69) is 10.6 Å². The summed E-state index contributed by atoms with van der Waals surface area (Å²) in [6, 6.07) is 5.05. The molecule has 2 nitrogen and oxygen atoms in total. The van der Waals surface area contributed by atoms with Gasteiger partial charge in [0.2, 0.25) is 0 Å². The van der Waals surface area contributed by atoms with E-state index in [1.54, 1.807) is 6.07 Å². The van der Waals surface area contributed by atoms with Crippen LogP contribution in [0.4, 0.5) is 10.1 Å². The van der Waals surface area contributed by atoms with Crippen LogP contribution in [-0.2, 0) is 5.41 Å². The van der Waals surface area contributed by atoms with Crippen molar-refractivity contribution in [2.75, 3.05) is 25.0 Å². The van der Waals surface area contributed by atoms with Gasteiger partial charge in [0, 0.05) is 24.2 Å². The van der Waals surface area contributed by atoms with Gasteiger partial charge in [0.15, 0.2) is 0 Å². The number of rotatable bonds is 0. The van der Waals surface area contributed by atoms with Crippen molar-refractivity contribution in [1.82, 2.24) is 5.32 Å². The second-order valence-electron chi connectivity index (χ2n) is 4.25. The molecule has 1 fully saturated rings. The van der Waals surface area contributed by atoms with Gasteiger partial charge in [-0.05, 0) is 36.7 Å². The van der Waals surface area contributed by atoms with Crippen LogP contribution in [0.5, 0.6) is 0 Å². The highest BCUT2D eigenvalue weighted by atomic mass is 19.1. The molecule has 1 unspecified atom stereocenters. The Balaban J connectivity index is 2.12. The summed E-state index contributed by atoms with van der Waals surface area (Å²) in [5, 5.41) is 6.71. The van der Waals surface area contributed by atoms with E-state index < -0.39 is 0 Å². The molecule has 1 aromatic rings. The molecule has 0 aromatic heterocycles. The van der Waals surface area contributed by atoms with E-state index in [9.17, 15) is 4.39 Å². The van der Waals surface area contributed by atoms with Gasteiger partial charge < -0.3 is 10.6 Å². The fourth-order valence-electron chi connectivity index (χ4n) is 2.59. The summed E-state index contributed by atoms with van der Waals surface area (Å²) in [5.74, 6) is -0.126. The fraction of sp³-hybridized carbons (Fsp3) is 0.455. The highest BCUT2D eigenvalue weighted by Crippen LogP contribution is 2.40. The second-order valence-corrected chi connectivity index (χ2v) is 4.25. The minimum Gasteiger partial charge on any atom is -0.384 e. The lowest BCUT2D eigenvalue weighted by Gasteiger charge is -2.21. The average molecular weight is 192 g/mol. The van der Waals surface area contributed by atoms with Crippen LogP contribution in [0.15, 0.2) is 18.2 Å². The molecular formula is C11H13FN2. The average Bonchev–Trinajstić information content (AvgIpc) is 2.77. The zero-order chi connectivity index (χ0) is 9.60. The SMILES string of the molecule is Fc1ccc2c(c1)C1(CCNC1)CN2. The molecule has 1 aromatic carbocycles. The number of nitrogens with one attached hydrogen (secondary N) is 2. The fourth-order valence-corrected chi connectivity index (χ4v) is 2.59. The highest BCUT2D eigenvalue weighted by molar-refractivity contribution is 5.61.